The first-order valence-corrected chi connectivity index (χ1v) is 3.11. The molecule has 0 unspecified atom stereocenters. The zero-order chi connectivity index (χ0) is 10.6. The maximum absolute atomic E-state index is 10.1. The van der Waals surface area contributed by atoms with Gasteiger partial charge in [0.15, 0.2) is 0 Å². The molecule has 0 aromatic heterocycles. The van der Waals surface area contributed by atoms with Gasteiger partial charge in [-0.3, -0.25) is 0 Å². The van der Waals surface area contributed by atoms with E-state index in [9.17, 15) is 29.7 Å². The second-order valence-electron chi connectivity index (χ2n) is 2.42. The van der Waals surface area contributed by atoms with E-state index >= 15 is 0 Å². The first-order valence-electron chi connectivity index (χ1n) is 3.11. The number of carboxylic acids is 3. The molecule has 0 saturated carbocycles. The molecule has 0 aliphatic carbocycles. The van der Waals surface area contributed by atoms with Crippen molar-refractivity contribution in [3.05, 3.63) is 0 Å². The molecule has 76 valence electrons. The third-order valence-electron chi connectivity index (χ3n) is 1.25. The molecule has 0 amide bonds. The van der Waals surface area contributed by atoms with E-state index in [2.05, 4.69) is 0 Å². The van der Waals surface area contributed by atoms with Gasteiger partial charge in [-0.2, -0.15) is 0 Å². The fourth-order valence-corrected chi connectivity index (χ4v) is 0.684. The van der Waals surface area contributed by atoms with Crippen molar-refractivity contribution in [3.8, 4) is 0 Å². The first kappa shape index (κ1) is 31.7. The molecule has 0 heterocycles. The summed E-state index contributed by atoms with van der Waals surface area (Å²) in [6.07, 6.45) is -2.72. The summed E-state index contributed by atoms with van der Waals surface area (Å²) in [4.78, 5) is 30.0. The maximum atomic E-state index is 10.1. The van der Waals surface area contributed by atoms with E-state index in [0.29, 0.717) is 0 Å². The van der Waals surface area contributed by atoms with Crippen LogP contribution in [0, 0.1) is 0 Å². The van der Waals surface area contributed by atoms with Crippen molar-refractivity contribution >= 4 is 47.5 Å². The van der Waals surface area contributed by atoms with Crippen LogP contribution in [0.15, 0.2) is 0 Å². The van der Waals surface area contributed by atoms with Gasteiger partial charge < -0.3 is 34.8 Å². The van der Waals surface area contributed by atoms with Crippen molar-refractivity contribution in [2.45, 2.75) is 18.4 Å². The molecular formula is C6H6Na4O7. The Kier molecular flexibility index (Phi) is 27.5. The molecule has 0 spiro atoms. The van der Waals surface area contributed by atoms with Gasteiger partial charge in [0.1, 0.15) is 5.60 Å². The summed E-state index contributed by atoms with van der Waals surface area (Å²) >= 11 is 0. The molecule has 0 atom stereocenters. The van der Waals surface area contributed by atoms with Crippen LogP contribution in [0.2, 0.25) is 0 Å². The van der Waals surface area contributed by atoms with E-state index in [1.54, 1.807) is 0 Å². The van der Waals surface area contributed by atoms with Crippen LogP contribution in [0.5, 0.6) is 0 Å². The Morgan fingerprint density at radius 2 is 1.12 bits per heavy atom. The SMILES string of the molecule is O=C([O-])CC(O)(CC(=O)[O-])C(=O)[O-].[Na+].[Na+].[Na+].[NaH]. The molecule has 0 aliphatic rings. The Hall–Kier alpha value is 2.37. The molecule has 0 rings (SSSR count). The Labute approximate surface area is 186 Å². The summed E-state index contributed by atoms with van der Waals surface area (Å²) < 4.78 is 0. The van der Waals surface area contributed by atoms with Gasteiger partial charge in [0.25, 0.3) is 0 Å². The molecule has 0 aliphatic heterocycles. The van der Waals surface area contributed by atoms with E-state index in [-0.39, 0.29) is 118 Å². The fourth-order valence-electron chi connectivity index (χ4n) is 0.684. The fraction of sp³-hybridized carbons (Fsp3) is 0.500. The molecule has 7 nitrogen and oxygen atoms in total. The van der Waals surface area contributed by atoms with E-state index in [1.807, 2.05) is 0 Å². The Morgan fingerprint density at radius 3 is 1.24 bits per heavy atom. The van der Waals surface area contributed by atoms with Crippen molar-refractivity contribution in [1.29, 1.82) is 0 Å². The van der Waals surface area contributed by atoms with Crippen LogP contribution in [0.25, 0.3) is 0 Å². The predicted octanol–water partition coefficient (Wildman–Crippen LogP) is -14.9. The van der Waals surface area contributed by atoms with Gasteiger partial charge in [-0.05, 0) is 0 Å². The van der Waals surface area contributed by atoms with Crippen LogP contribution in [0.3, 0.4) is 0 Å². The summed E-state index contributed by atoms with van der Waals surface area (Å²) in [5.74, 6) is -5.98. The van der Waals surface area contributed by atoms with E-state index in [0.717, 1.165) is 0 Å². The topological polar surface area (TPSA) is 141 Å². The predicted molar refractivity (Wildman–Crippen MR) is 36.4 cm³/mol. The molecule has 0 radical (unpaired) electrons. The van der Waals surface area contributed by atoms with Gasteiger partial charge in [-0.15, -0.1) is 0 Å². The van der Waals surface area contributed by atoms with Gasteiger partial charge in [0, 0.05) is 24.8 Å². The number of hydrogen-bond acceptors (Lipinski definition) is 7. The standard InChI is InChI=1S/C6H8O7.4Na.H/c7-3(8)1-6(13,5(11)12)2-4(9)10;;;;;/h13H,1-2H2,(H,7,8)(H,9,10)(H,11,12);;;;;/q;;3*+1;/p-3. The summed E-state index contributed by atoms with van der Waals surface area (Å²) in [5.41, 5.74) is -2.97. The third kappa shape index (κ3) is 14.6. The monoisotopic (exact) mass is 282 g/mol. The van der Waals surface area contributed by atoms with Crippen LogP contribution in [0.4, 0.5) is 0 Å². The number of hydrogen-bond donors (Lipinski definition) is 1. The Balaban J connectivity index is -0.000000120. The normalized spacial score (nSPS) is 8.29. The minimum absolute atomic E-state index is 0. The molecule has 0 aromatic rings. The van der Waals surface area contributed by atoms with Gasteiger partial charge in [-0.1, -0.05) is 0 Å². The number of aliphatic carboxylic acids is 3. The van der Waals surface area contributed by atoms with E-state index < -0.39 is 36.4 Å². The molecule has 0 bridgehead atoms. The molecule has 17 heavy (non-hydrogen) atoms. The second kappa shape index (κ2) is 14.8. The minimum atomic E-state index is -2.97. The number of rotatable bonds is 5. The van der Waals surface area contributed by atoms with Crippen molar-refractivity contribution in [2.75, 3.05) is 0 Å². The first-order chi connectivity index (χ1) is 5.78. The van der Waals surface area contributed by atoms with Gasteiger partial charge >= 0.3 is 118 Å². The van der Waals surface area contributed by atoms with Gasteiger partial charge in [0.05, 0.1) is 5.97 Å². The molecule has 0 aromatic carbocycles. The third-order valence-corrected chi connectivity index (χ3v) is 1.25. The summed E-state index contributed by atoms with van der Waals surface area (Å²) in [6.45, 7) is 0. The zero-order valence-electron chi connectivity index (χ0n) is 9.31. The average Bonchev–Trinajstić information content (AvgIpc) is 1.82. The van der Waals surface area contributed by atoms with Crippen molar-refractivity contribution < 1.29 is 123 Å². The summed E-state index contributed by atoms with van der Waals surface area (Å²) in [6, 6.07) is 0. The number of carboxylic acid groups (broad SMARTS) is 3. The second-order valence-corrected chi connectivity index (χ2v) is 2.42. The Morgan fingerprint density at radius 1 is 0.882 bits per heavy atom. The molecule has 0 saturated heterocycles. The van der Waals surface area contributed by atoms with Crippen LogP contribution in [-0.4, -0.2) is 58.2 Å². The van der Waals surface area contributed by atoms with Gasteiger partial charge in [-0.25, -0.2) is 0 Å². The van der Waals surface area contributed by atoms with Crippen molar-refractivity contribution in [1.82, 2.24) is 0 Å². The molecule has 0 fully saturated rings. The van der Waals surface area contributed by atoms with Crippen molar-refractivity contribution in [2.24, 2.45) is 0 Å². The van der Waals surface area contributed by atoms with Crippen LogP contribution < -0.4 is 104 Å². The molecule has 1 N–H and O–H groups in total. The van der Waals surface area contributed by atoms with E-state index in [1.165, 1.54) is 0 Å². The number of carbonyl (C=O) groups is 3. The van der Waals surface area contributed by atoms with Crippen LogP contribution in [0.1, 0.15) is 12.8 Å². The average molecular weight is 282 g/mol. The quantitative estimate of drug-likeness (QED) is 0.493. The molecular weight excluding hydrogens is 276 g/mol. The zero-order valence-corrected chi connectivity index (χ0v) is 15.3. The van der Waals surface area contributed by atoms with Crippen LogP contribution >= 0.6 is 0 Å². The molecule has 11 heteroatoms. The van der Waals surface area contributed by atoms with Crippen molar-refractivity contribution in [3.63, 3.8) is 0 Å². The van der Waals surface area contributed by atoms with Gasteiger partial charge in [0.2, 0.25) is 0 Å². The number of carbonyl (C=O) groups excluding carboxylic acids is 3. The summed E-state index contributed by atoms with van der Waals surface area (Å²) in [5, 5.41) is 38.9. The summed E-state index contributed by atoms with van der Waals surface area (Å²) in [7, 11) is 0. The van der Waals surface area contributed by atoms with Crippen LogP contribution in [-0.2, 0) is 14.4 Å². The van der Waals surface area contributed by atoms with E-state index in [4.69, 9.17) is 5.11 Å². The number of aliphatic hydroxyl groups is 1. The Bertz CT molecular complexity index is 241.